The Morgan fingerprint density at radius 1 is 1.14 bits per heavy atom. The molecule has 0 bridgehead atoms. The van der Waals surface area contributed by atoms with Crippen molar-refractivity contribution in [3.05, 3.63) is 81.1 Å². The summed E-state index contributed by atoms with van der Waals surface area (Å²) in [5.41, 5.74) is 5.30. The summed E-state index contributed by atoms with van der Waals surface area (Å²) < 4.78 is 7.00. The van der Waals surface area contributed by atoms with Gasteiger partial charge in [0.1, 0.15) is 5.82 Å². The van der Waals surface area contributed by atoms with Crippen molar-refractivity contribution in [1.82, 2.24) is 19.9 Å². The average Bonchev–Trinajstić information content (AvgIpc) is 3.69. The summed E-state index contributed by atoms with van der Waals surface area (Å²) in [4.78, 5) is 29.2. The highest BCUT2D eigenvalue weighted by molar-refractivity contribution is 7.11. The second-order valence-corrected chi connectivity index (χ2v) is 19.6. The van der Waals surface area contributed by atoms with Gasteiger partial charge < -0.3 is 14.5 Å². The Morgan fingerprint density at radius 3 is 2.62 bits per heavy atom. The van der Waals surface area contributed by atoms with Gasteiger partial charge in [-0.25, -0.2) is 14.8 Å². The van der Waals surface area contributed by atoms with Crippen LogP contribution in [0.5, 0.6) is 0 Å². The van der Waals surface area contributed by atoms with Crippen LogP contribution in [0.2, 0.25) is 18.1 Å². The number of likely N-dealkylation sites (tertiary alicyclic amines) is 1. The molecule has 9 heteroatoms. The molecule has 1 aliphatic heterocycles. The van der Waals surface area contributed by atoms with Crippen molar-refractivity contribution in [1.29, 1.82) is 0 Å². The summed E-state index contributed by atoms with van der Waals surface area (Å²) in [6.45, 7) is 13.3. The normalized spacial score (nSPS) is 21.7. The molecule has 2 N–H and O–H groups in total. The number of thiazole rings is 1. The molecule has 222 valence electrons. The van der Waals surface area contributed by atoms with Crippen molar-refractivity contribution < 1.29 is 14.3 Å². The molecule has 1 aliphatic carbocycles. The molecule has 2 unspecified atom stereocenters. The fourth-order valence-corrected chi connectivity index (χ4v) is 8.76. The number of H-pyrrole nitrogens is 1. The van der Waals surface area contributed by atoms with E-state index in [1.165, 1.54) is 10.6 Å². The molecule has 1 saturated heterocycles. The molecule has 42 heavy (non-hydrogen) atoms. The van der Waals surface area contributed by atoms with Crippen molar-refractivity contribution in [2.75, 3.05) is 0 Å². The fraction of sp³-hybridized carbons (Fsp3) is 0.485. The van der Waals surface area contributed by atoms with Gasteiger partial charge in [0, 0.05) is 10.9 Å². The van der Waals surface area contributed by atoms with Gasteiger partial charge in [-0.1, -0.05) is 57.2 Å². The summed E-state index contributed by atoms with van der Waals surface area (Å²) in [6.07, 6.45) is 3.18. The molecule has 1 fully saturated rings. The van der Waals surface area contributed by atoms with Gasteiger partial charge in [0.05, 0.1) is 39.8 Å². The number of hydrogen-bond donors (Lipinski definition) is 2. The first-order valence-corrected chi connectivity index (χ1v) is 18.8. The maximum atomic E-state index is 12.8. The van der Waals surface area contributed by atoms with Gasteiger partial charge in [-0.05, 0) is 80.4 Å². The maximum absolute atomic E-state index is 12.8. The molecular formula is C33H42N4O3SSi. The van der Waals surface area contributed by atoms with Crippen molar-refractivity contribution in [3.8, 4) is 0 Å². The number of fused-ring (bicyclic) bond motifs is 2. The monoisotopic (exact) mass is 602 g/mol. The van der Waals surface area contributed by atoms with E-state index in [-0.39, 0.29) is 29.1 Å². The predicted molar refractivity (Wildman–Crippen MR) is 171 cm³/mol. The van der Waals surface area contributed by atoms with Crippen molar-refractivity contribution >= 4 is 36.8 Å². The lowest BCUT2D eigenvalue weighted by Crippen LogP contribution is -2.49. The van der Waals surface area contributed by atoms with Crippen LogP contribution in [0.3, 0.4) is 0 Å². The third-order valence-corrected chi connectivity index (χ3v) is 15.2. The van der Waals surface area contributed by atoms with Crippen molar-refractivity contribution in [2.45, 2.75) is 102 Å². The lowest BCUT2D eigenvalue weighted by Gasteiger charge is -2.42. The van der Waals surface area contributed by atoms with Gasteiger partial charge in [0.15, 0.2) is 8.32 Å². The molecule has 0 radical (unpaired) electrons. The minimum atomic E-state index is -2.17. The molecule has 4 aromatic rings. The van der Waals surface area contributed by atoms with E-state index in [2.05, 4.69) is 76.1 Å². The molecular weight excluding hydrogens is 561 g/mol. The molecule has 1 amide bonds. The Morgan fingerprint density at radius 2 is 1.90 bits per heavy atom. The summed E-state index contributed by atoms with van der Waals surface area (Å²) in [5, 5.41) is 11.7. The van der Waals surface area contributed by atoms with Crippen LogP contribution in [0, 0.1) is 6.92 Å². The number of nitrogens with zero attached hydrogens (tertiary/aromatic N) is 3. The lowest BCUT2D eigenvalue weighted by molar-refractivity contribution is 0.0598. The molecule has 7 nitrogen and oxygen atoms in total. The summed E-state index contributed by atoms with van der Waals surface area (Å²) in [6, 6.07) is 16.2. The zero-order valence-corrected chi connectivity index (χ0v) is 27.3. The number of benzene rings is 2. The molecule has 0 saturated carbocycles. The van der Waals surface area contributed by atoms with Crippen LogP contribution in [0.25, 0.3) is 11.0 Å². The van der Waals surface area contributed by atoms with Crippen LogP contribution in [-0.4, -0.2) is 51.5 Å². The minimum absolute atomic E-state index is 0.0167. The third kappa shape index (κ3) is 5.42. The third-order valence-electron chi connectivity index (χ3n) is 9.66. The predicted octanol–water partition coefficient (Wildman–Crippen LogP) is 8.22. The molecule has 3 heterocycles. The number of aryl methyl sites for hydroxylation is 2. The smallest absolute Gasteiger partial charge is 0.407 e. The van der Waals surface area contributed by atoms with Crippen LogP contribution >= 0.6 is 11.3 Å². The van der Waals surface area contributed by atoms with Gasteiger partial charge in [-0.15, -0.1) is 11.3 Å². The molecule has 2 aliphatic rings. The van der Waals surface area contributed by atoms with Crippen LogP contribution < -0.4 is 0 Å². The average molecular weight is 603 g/mol. The Balaban J connectivity index is 1.25. The Bertz CT molecular complexity index is 1590. The second-order valence-electron chi connectivity index (χ2n) is 13.5. The number of aromatic nitrogens is 3. The first-order chi connectivity index (χ1) is 19.9. The zero-order chi connectivity index (χ0) is 29.8. The lowest BCUT2D eigenvalue weighted by atomic mass is 10.0. The summed E-state index contributed by atoms with van der Waals surface area (Å²) >= 11 is 1.80. The topological polar surface area (TPSA) is 91.3 Å². The highest BCUT2D eigenvalue weighted by Gasteiger charge is 2.46. The number of aromatic amines is 1. The van der Waals surface area contributed by atoms with E-state index in [1.807, 2.05) is 18.2 Å². The van der Waals surface area contributed by atoms with Crippen molar-refractivity contribution in [2.24, 2.45) is 0 Å². The number of amides is 1. The Labute approximate surface area is 253 Å². The quantitative estimate of drug-likeness (QED) is 0.208. The van der Waals surface area contributed by atoms with E-state index in [1.54, 1.807) is 16.2 Å². The Kier molecular flexibility index (Phi) is 7.56. The van der Waals surface area contributed by atoms with E-state index in [4.69, 9.17) is 14.4 Å². The number of hydrogen-bond acceptors (Lipinski definition) is 5. The first-order valence-electron chi connectivity index (χ1n) is 15.1. The fourth-order valence-electron chi connectivity index (χ4n) is 6.47. The molecule has 4 atom stereocenters. The summed E-state index contributed by atoms with van der Waals surface area (Å²) in [7, 11) is -2.17. The molecule has 0 spiro atoms. The van der Waals surface area contributed by atoms with E-state index < -0.39 is 14.4 Å². The van der Waals surface area contributed by atoms with Crippen LogP contribution in [0.4, 0.5) is 4.79 Å². The standard InChI is InChI=1S/C33H42N4O3SSi/c1-20-34-29-24(14-17-28(29)41-20)31-35-25-15-12-21(19-26(25)36-31)18-23-13-16-27(37(23)32(38)39)30(22-10-8-7-9-11-22)40-42(5,6)33(2,3)4/h7-12,15,19,23-24,27,30H,13-14,16-18H2,1-6H3,(H,35,36)(H,38,39)/t23-,24?,27+,30?/m0/s1. The number of imidazole rings is 1. The minimum Gasteiger partial charge on any atom is -0.465 e. The SMILES string of the molecule is Cc1nc2c(s1)CCC2c1nc2ccc(C[C@@H]3CC[C@H](C(O[Si](C)(C)C(C)(C)C)c4ccccc4)N3C(=O)O)cc2[nH]1. The highest BCUT2D eigenvalue weighted by atomic mass is 32.1. The largest absolute Gasteiger partial charge is 0.465 e. The maximum Gasteiger partial charge on any atom is 0.407 e. The van der Waals surface area contributed by atoms with Crippen LogP contribution in [0.1, 0.15) is 84.6 Å². The van der Waals surface area contributed by atoms with Crippen LogP contribution in [-0.2, 0) is 17.3 Å². The van der Waals surface area contributed by atoms with E-state index >= 15 is 0 Å². The molecule has 2 aromatic carbocycles. The highest BCUT2D eigenvalue weighted by Crippen LogP contribution is 2.44. The number of nitrogens with one attached hydrogen (secondary N) is 1. The number of carbonyl (C=O) groups is 1. The van der Waals surface area contributed by atoms with Gasteiger partial charge in [-0.3, -0.25) is 4.90 Å². The van der Waals surface area contributed by atoms with Gasteiger partial charge in [0.25, 0.3) is 0 Å². The summed E-state index contributed by atoms with van der Waals surface area (Å²) in [5.74, 6) is 1.20. The van der Waals surface area contributed by atoms with Gasteiger partial charge in [0.2, 0.25) is 0 Å². The second kappa shape index (κ2) is 10.9. The van der Waals surface area contributed by atoms with Gasteiger partial charge >= 0.3 is 6.09 Å². The number of rotatable bonds is 7. The van der Waals surface area contributed by atoms with Gasteiger partial charge in [-0.2, -0.15) is 0 Å². The van der Waals surface area contributed by atoms with Crippen LogP contribution in [0.15, 0.2) is 48.5 Å². The van der Waals surface area contributed by atoms with Crippen molar-refractivity contribution in [3.63, 3.8) is 0 Å². The Hall–Kier alpha value is -3.01. The zero-order valence-electron chi connectivity index (χ0n) is 25.5. The molecule has 2 aromatic heterocycles. The molecule has 6 rings (SSSR count). The van der Waals surface area contributed by atoms with E-state index in [0.717, 1.165) is 58.7 Å². The first kappa shape index (κ1) is 29.1. The van der Waals surface area contributed by atoms with E-state index in [9.17, 15) is 9.90 Å². The van der Waals surface area contributed by atoms with E-state index in [0.29, 0.717) is 6.42 Å². The number of carboxylic acid groups (broad SMARTS) is 1.